The zero-order chi connectivity index (χ0) is 18.2. The molecule has 0 fully saturated rings. The predicted octanol–water partition coefficient (Wildman–Crippen LogP) is 5.17. The average Bonchev–Trinajstić information content (AvgIpc) is 3.13. The lowest BCUT2D eigenvalue weighted by Crippen LogP contribution is -2.17. The Balaban J connectivity index is 1.78. The summed E-state index contributed by atoms with van der Waals surface area (Å²) in [4.78, 5) is 27.2. The van der Waals surface area contributed by atoms with Crippen LogP contribution in [0.25, 0.3) is 9.88 Å². The third-order valence-corrected chi connectivity index (χ3v) is 5.92. The van der Waals surface area contributed by atoms with Crippen molar-refractivity contribution in [3.05, 3.63) is 45.3 Å². The number of aryl methyl sites for hydroxylation is 1. The second-order valence-electron chi connectivity index (χ2n) is 6.54. The van der Waals surface area contributed by atoms with E-state index in [0.717, 1.165) is 15.7 Å². The van der Waals surface area contributed by atoms with Crippen molar-refractivity contribution >= 4 is 45.9 Å². The first-order valence-electron chi connectivity index (χ1n) is 7.61. The van der Waals surface area contributed by atoms with E-state index < -0.39 is 0 Å². The van der Waals surface area contributed by atoms with Crippen LogP contribution >= 0.6 is 34.3 Å². The van der Waals surface area contributed by atoms with Crippen LogP contribution in [0.5, 0.6) is 0 Å². The van der Waals surface area contributed by atoms with Crippen LogP contribution in [-0.4, -0.2) is 20.9 Å². The highest BCUT2D eigenvalue weighted by Gasteiger charge is 2.19. The monoisotopic (exact) mass is 392 g/mol. The van der Waals surface area contributed by atoms with Gasteiger partial charge in [0.1, 0.15) is 15.7 Å². The normalized spacial score (nSPS) is 11.6. The molecule has 0 bridgehead atoms. The number of hydrogen-bond acceptors (Lipinski definition) is 6. The first kappa shape index (κ1) is 18.0. The maximum atomic E-state index is 12.5. The fourth-order valence-electron chi connectivity index (χ4n) is 2.11. The maximum absolute atomic E-state index is 12.5. The van der Waals surface area contributed by atoms with Crippen LogP contribution in [0.4, 0.5) is 5.69 Å². The van der Waals surface area contributed by atoms with Crippen LogP contribution in [-0.2, 0) is 5.41 Å². The van der Waals surface area contributed by atoms with Gasteiger partial charge in [0, 0.05) is 5.41 Å². The molecular formula is C17H17ClN4OS2. The standard InChI is InChI=1S/C17H17ClN4OS2/c1-9-13(25-15(21-9)11-5-6-12(18)24-11)14(23)22-10-7-19-16(20-8-10)17(2,3)4/h5-8H,1-4H3,(H,22,23). The zero-order valence-electron chi connectivity index (χ0n) is 14.3. The van der Waals surface area contributed by atoms with E-state index in [1.54, 1.807) is 12.4 Å². The summed E-state index contributed by atoms with van der Waals surface area (Å²) < 4.78 is 0.699. The largest absolute Gasteiger partial charge is 0.319 e. The Morgan fingerprint density at radius 2 is 1.84 bits per heavy atom. The average molecular weight is 393 g/mol. The Hall–Kier alpha value is -1.83. The SMILES string of the molecule is Cc1nc(-c2ccc(Cl)s2)sc1C(=O)Nc1cnc(C(C)(C)C)nc1. The van der Waals surface area contributed by atoms with Crippen LogP contribution < -0.4 is 5.32 Å². The Morgan fingerprint density at radius 1 is 1.16 bits per heavy atom. The van der Waals surface area contributed by atoms with E-state index >= 15 is 0 Å². The molecule has 0 unspecified atom stereocenters. The number of halogens is 1. The number of carbonyl (C=O) groups excluding carboxylic acids is 1. The first-order chi connectivity index (χ1) is 11.7. The maximum Gasteiger partial charge on any atom is 0.267 e. The van der Waals surface area contributed by atoms with Crippen molar-refractivity contribution in [2.45, 2.75) is 33.1 Å². The molecule has 0 aliphatic heterocycles. The van der Waals surface area contributed by atoms with E-state index in [0.29, 0.717) is 20.6 Å². The number of thiophene rings is 1. The Morgan fingerprint density at radius 3 is 2.40 bits per heavy atom. The van der Waals surface area contributed by atoms with E-state index in [1.807, 2.05) is 39.8 Å². The minimum absolute atomic E-state index is 0.131. The second kappa shape index (κ2) is 6.82. The van der Waals surface area contributed by atoms with Crippen LogP contribution in [0.15, 0.2) is 24.5 Å². The number of amides is 1. The zero-order valence-corrected chi connectivity index (χ0v) is 16.6. The van der Waals surface area contributed by atoms with Gasteiger partial charge in [0.25, 0.3) is 5.91 Å². The molecule has 0 aromatic carbocycles. The lowest BCUT2D eigenvalue weighted by molar-refractivity contribution is 0.102. The van der Waals surface area contributed by atoms with Crippen molar-refractivity contribution in [2.24, 2.45) is 0 Å². The summed E-state index contributed by atoms with van der Waals surface area (Å²) in [5.74, 6) is 0.521. The van der Waals surface area contributed by atoms with Gasteiger partial charge >= 0.3 is 0 Å². The Bertz CT molecular complexity index is 910. The number of nitrogens with one attached hydrogen (secondary N) is 1. The molecular weight excluding hydrogens is 376 g/mol. The topological polar surface area (TPSA) is 67.8 Å². The molecule has 8 heteroatoms. The van der Waals surface area contributed by atoms with Gasteiger partial charge in [-0.25, -0.2) is 15.0 Å². The molecule has 130 valence electrons. The smallest absolute Gasteiger partial charge is 0.267 e. The molecule has 0 spiro atoms. The molecule has 0 aliphatic carbocycles. The van der Waals surface area contributed by atoms with Gasteiger partial charge in [0.2, 0.25) is 0 Å². The third kappa shape index (κ3) is 4.05. The summed E-state index contributed by atoms with van der Waals surface area (Å²) in [7, 11) is 0. The number of hydrogen-bond donors (Lipinski definition) is 1. The molecule has 3 heterocycles. The molecule has 0 saturated carbocycles. The molecule has 0 radical (unpaired) electrons. The summed E-state index contributed by atoms with van der Waals surface area (Å²) in [6.45, 7) is 7.95. The van der Waals surface area contributed by atoms with Gasteiger partial charge in [-0.1, -0.05) is 32.4 Å². The highest BCUT2D eigenvalue weighted by molar-refractivity contribution is 7.24. The molecule has 0 aliphatic rings. The van der Waals surface area contributed by atoms with Crippen molar-refractivity contribution < 1.29 is 4.79 Å². The number of anilines is 1. The Kier molecular flexibility index (Phi) is 4.90. The van der Waals surface area contributed by atoms with Crippen molar-refractivity contribution in [1.29, 1.82) is 0 Å². The molecule has 5 nitrogen and oxygen atoms in total. The molecule has 0 saturated heterocycles. The molecule has 3 aromatic heterocycles. The Labute approximate surface area is 159 Å². The molecule has 25 heavy (non-hydrogen) atoms. The van der Waals surface area contributed by atoms with Gasteiger partial charge in [-0.2, -0.15) is 0 Å². The van der Waals surface area contributed by atoms with Crippen LogP contribution in [0.1, 0.15) is 42.0 Å². The van der Waals surface area contributed by atoms with Crippen molar-refractivity contribution in [2.75, 3.05) is 5.32 Å². The van der Waals surface area contributed by atoms with E-state index in [-0.39, 0.29) is 11.3 Å². The van der Waals surface area contributed by atoms with Crippen molar-refractivity contribution in [3.63, 3.8) is 0 Å². The summed E-state index contributed by atoms with van der Waals surface area (Å²) in [5.41, 5.74) is 1.12. The van der Waals surface area contributed by atoms with Crippen LogP contribution in [0.3, 0.4) is 0 Å². The van der Waals surface area contributed by atoms with Gasteiger partial charge in [-0.3, -0.25) is 4.79 Å². The molecule has 1 amide bonds. The number of rotatable bonds is 3. The van der Waals surface area contributed by atoms with Gasteiger partial charge in [0.15, 0.2) is 0 Å². The predicted molar refractivity (Wildman–Crippen MR) is 104 cm³/mol. The van der Waals surface area contributed by atoms with E-state index in [9.17, 15) is 4.79 Å². The van der Waals surface area contributed by atoms with Crippen molar-refractivity contribution in [3.8, 4) is 9.88 Å². The summed E-state index contributed by atoms with van der Waals surface area (Å²) in [5, 5.41) is 3.62. The van der Waals surface area contributed by atoms with E-state index in [4.69, 9.17) is 11.6 Å². The lowest BCUT2D eigenvalue weighted by atomic mass is 9.96. The van der Waals surface area contributed by atoms with Gasteiger partial charge in [-0.05, 0) is 19.1 Å². The minimum atomic E-state index is -0.212. The quantitative estimate of drug-likeness (QED) is 0.667. The number of carbonyl (C=O) groups is 1. The molecule has 3 rings (SSSR count). The van der Waals surface area contributed by atoms with Crippen molar-refractivity contribution in [1.82, 2.24) is 15.0 Å². The molecule has 3 aromatic rings. The molecule has 1 N–H and O–H groups in total. The lowest BCUT2D eigenvalue weighted by Gasteiger charge is -2.16. The fraction of sp³-hybridized carbons (Fsp3) is 0.294. The van der Waals surface area contributed by atoms with Gasteiger partial charge in [-0.15, -0.1) is 22.7 Å². The highest BCUT2D eigenvalue weighted by atomic mass is 35.5. The molecule has 0 atom stereocenters. The van der Waals surface area contributed by atoms with E-state index in [1.165, 1.54) is 22.7 Å². The van der Waals surface area contributed by atoms with E-state index in [2.05, 4.69) is 20.3 Å². The van der Waals surface area contributed by atoms with Gasteiger partial charge < -0.3 is 5.32 Å². The summed E-state index contributed by atoms with van der Waals surface area (Å²) in [6, 6.07) is 3.73. The summed E-state index contributed by atoms with van der Waals surface area (Å²) >= 11 is 8.77. The van der Waals surface area contributed by atoms with Gasteiger partial charge in [0.05, 0.1) is 33.0 Å². The van der Waals surface area contributed by atoms with Crippen LogP contribution in [0.2, 0.25) is 4.34 Å². The summed E-state index contributed by atoms with van der Waals surface area (Å²) in [6.07, 6.45) is 3.25. The number of aromatic nitrogens is 3. The third-order valence-electron chi connectivity index (χ3n) is 3.37. The minimum Gasteiger partial charge on any atom is -0.319 e. The number of thiazole rings is 1. The first-order valence-corrected chi connectivity index (χ1v) is 9.62. The second-order valence-corrected chi connectivity index (χ2v) is 9.25. The highest BCUT2D eigenvalue weighted by Crippen LogP contribution is 2.35. The number of nitrogens with zero attached hydrogens (tertiary/aromatic N) is 3. The van der Waals surface area contributed by atoms with Crippen LogP contribution in [0, 0.1) is 6.92 Å². The fourth-order valence-corrected chi connectivity index (χ4v) is 4.17.